The van der Waals surface area contributed by atoms with Gasteiger partial charge >= 0.3 is 5.76 Å². The summed E-state index contributed by atoms with van der Waals surface area (Å²) in [6, 6.07) is 10.8. The highest BCUT2D eigenvalue weighted by Gasteiger charge is 2.37. The highest BCUT2D eigenvalue weighted by molar-refractivity contribution is 5.78. The SMILES string of the molecule is Cc1cnc(Nc2ccc(N3C4CCCC3CC4)nc2)nc1Nc1ccc2oc(=O)[nH]c2c1. The molecule has 0 radical (unpaired) electrons. The molecule has 2 unspecified atom stereocenters. The minimum atomic E-state index is -0.473. The van der Waals surface area contributed by atoms with E-state index in [0.29, 0.717) is 34.9 Å². The summed E-state index contributed by atoms with van der Waals surface area (Å²) in [6.07, 6.45) is 10.1. The van der Waals surface area contributed by atoms with Crippen LogP contribution in [-0.4, -0.2) is 32.0 Å². The van der Waals surface area contributed by atoms with E-state index in [1.165, 1.54) is 32.1 Å². The molecule has 0 amide bonds. The molecule has 5 heterocycles. The first kappa shape index (κ1) is 19.8. The zero-order valence-corrected chi connectivity index (χ0v) is 18.3. The number of anilines is 5. The minimum absolute atomic E-state index is 0.473. The van der Waals surface area contributed by atoms with Crippen LogP contribution in [0.1, 0.15) is 37.7 Å². The van der Waals surface area contributed by atoms with Gasteiger partial charge in [0.1, 0.15) is 11.6 Å². The van der Waals surface area contributed by atoms with Crippen molar-refractivity contribution in [2.75, 3.05) is 15.5 Å². The third-order valence-electron chi connectivity index (χ3n) is 6.62. The van der Waals surface area contributed by atoms with Gasteiger partial charge in [0, 0.05) is 29.5 Å². The molecule has 9 heteroatoms. The number of aromatic amines is 1. The van der Waals surface area contributed by atoms with E-state index < -0.39 is 5.76 Å². The first-order valence-corrected chi connectivity index (χ1v) is 11.4. The number of fused-ring (bicyclic) bond motifs is 3. The fraction of sp³-hybridized carbons (Fsp3) is 0.333. The van der Waals surface area contributed by atoms with E-state index >= 15 is 0 Å². The molecule has 2 saturated heterocycles. The van der Waals surface area contributed by atoms with Crippen LogP contribution in [0.3, 0.4) is 0 Å². The molecular weight excluding hydrogens is 418 g/mol. The highest BCUT2D eigenvalue weighted by atomic mass is 16.4. The second-order valence-electron chi connectivity index (χ2n) is 8.83. The summed E-state index contributed by atoms with van der Waals surface area (Å²) >= 11 is 0. The third kappa shape index (κ3) is 3.79. The van der Waals surface area contributed by atoms with E-state index in [-0.39, 0.29) is 0 Å². The number of aryl methyl sites for hydroxylation is 1. The number of oxazole rings is 1. The van der Waals surface area contributed by atoms with Crippen LogP contribution in [0.15, 0.2) is 51.9 Å². The Balaban J connectivity index is 1.19. The van der Waals surface area contributed by atoms with Crippen LogP contribution < -0.4 is 21.3 Å². The average Bonchev–Trinajstić information content (AvgIpc) is 3.30. The van der Waals surface area contributed by atoms with Crippen molar-refractivity contribution < 1.29 is 4.42 Å². The predicted molar refractivity (Wildman–Crippen MR) is 128 cm³/mol. The number of pyridine rings is 1. The van der Waals surface area contributed by atoms with Gasteiger partial charge in [-0.25, -0.2) is 14.8 Å². The van der Waals surface area contributed by atoms with E-state index in [1.807, 2.05) is 31.3 Å². The number of piperidine rings is 1. The standard InChI is InChI=1S/C24H25N7O2/c1-14-12-26-23(30-22(14)27-15-5-9-20-19(11-15)29-24(32)33-20)28-16-6-10-21(25-13-16)31-17-3-2-4-18(31)8-7-17/h5-6,9-13,17-18H,2-4,7-8H2,1H3,(H,29,32)(H2,26,27,28,30). The summed E-state index contributed by atoms with van der Waals surface area (Å²) < 4.78 is 5.06. The molecule has 2 fully saturated rings. The summed E-state index contributed by atoms with van der Waals surface area (Å²) in [4.78, 5) is 30.3. The molecule has 33 heavy (non-hydrogen) atoms. The van der Waals surface area contributed by atoms with Crippen molar-refractivity contribution in [3.05, 3.63) is 58.8 Å². The molecule has 0 spiro atoms. The zero-order valence-electron chi connectivity index (χ0n) is 18.3. The molecule has 0 aliphatic carbocycles. The van der Waals surface area contributed by atoms with Crippen molar-refractivity contribution in [2.24, 2.45) is 0 Å². The Labute approximate surface area is 190 Å². The molecule has 3 aromatic heterocycles. The van der Waals surface area contributed by atoms with Crippen LogP contribution in [0.2, 0.25) is 0 Å². The number of hydrogen-bond acceptors (Lipinski definition) is 8. The molecule has 2 atom stereocenters. The molecule has 6 rings (SSSR count). The Morgan fingerprint density at radius 3 is 2.61 bits per heavy atom. The van der Waals surface area contributed by atoms with Crippen LogP contribution in [0, 0.1) is 6.92 Å². The molecule has 9 nitrogen and oxygen atoms in total. The second kappa shape index (κ2) is 7.91. The second-order valence-corrected chi connectivity index (χ2v) is 8.83. The number of nitrogens with one attached hydrogen (secondary N) is 3. The van der Waals surface area contributed by atoms with Gasteiger partial charge < -0.3 is 20.0 Å². The topological polar surface area (TPSA) is 112 Å². The Kier molecular flexibility index (Phi) is 4.74. The largest absolute Gasteiger partial charge is 0.417 e. The maximum atomic E-state index is 11.4. The van der Waals surface area contributed by atoms with Crippen LogP contribution in [0.5, 0.6) is 0 Å². The fourth-order valence-corrected chi connectivity index (χ4v) is 5.03. The molecule has 1 aromatic carbocycles. The molecule has 0 saturated carbocycles. The van der Waals surface area contributed by atoms with E-state index in [4.69, 9.17) is 9.40 Å². The van der Waals surface area contributed by atoms with Gasteiger partial charge in [-0.1, -0.05) is 0 Å². The summed E-state index contributed by atoms with van der Waals surface area (Å²) in [7, 11) is 0. The highest BCUT2D eigenvalue weighted by Crippen LogP contribution is 2.38. The van der Waals surface area contributed by atoms with Crippen molar-refractivity contribution in [1.82, 2.24) is 19.9 Å². The number of benzene rings is 1. The molecule has 2 aliphatic rings. The van der Waals surface area contributed by atoms with E-state index in [2.05, 4.69) is 36.6 Å². The summed E-state index contributed by atoms with van der Waals surface area (Å²) in [5, 5.41) is 6.54. The van der Waals surface area contributed by atoms with E-state index in [0.717, 1.165) is 22.8 Å². The zero-order chi connectivity index (χ0) is 22.4. The number of nitrogens with zero attached hydrogens (tertiary/aromatic N) is 4. The number of hydrogen-bond donors (Lipinski definition) is 3. The van der Waals surface area contributed by atoms with Crippen molar-refractivity contribution >= 4 is 40.1 Å². The van der Waals surface area contributed by atoms with Crippen LogP contribution in [0.4, 0.5) is 29.0 Å². The fourth-order valence-electron chi connectivity index (χ4n) is 5.03. The lowest BCUT2D eigenvalue weighted by atomic mass is 10.0. The van der Waals surface area contributed by atoms with Crippen LogP contribution >= 0.6 is 0 Å². The Bertz CT molecular complexity index is 1350. The van der Waals surface area contributed by atoms with Gasteiger partial charge in [-0.3, -0.25) is 4.98 Å². The van der Waals surface area contributed by atoms with Crippen molar-refractivity contribution in [3.8, 4) is 0 Å². The Morgan fingerprint density at radius 2 is 1.82 bits per heavy atom. The van der Waals surface area contributed by atoms with Gasteiger partial charge in [0.25, 0.3) is 0 Å². The first-order valence-electron chi connectivity index (χ1n) is 11.4. The van der Waals surface area contributed by atoms with Gasteiger partial charge in [0.15, 0.2) is 5.58 Å². The number of rotatable bonds is 5. The van der Waals surface area contributed by atoms with Gasteiger partial charge in [0.2, 0.25) is 5.95 Å². The quantitative estimate of drug-likeness (QED) is 0.410. The molecular formula is C24H25N7O2. The maximum absolute atomic E-state index is 11.4. The molecule has 2 bridgehead atoms. The van der Waals surface area contributed by atoms with Crippen molar-refractivity contribution in [3.63, 3.8) is 0 Å². The van der Waals surface area contributed by atoms with Gasteiger partial charge in [0.05, 0.1) is 17.4 Å². The van der Waals surface area contributed by atoms with E-state index in [9.17, 15) is 4.79 Å². The lowest BCUT2D eigenvalue weighted by Gasteiger charge is -2.35. The minimum Gasteiger partial charge on any atom is -0.408 e. The van der Waals surface area contributed by atoms with Crippen molar-refractivity contribution in [2.45, 2.75) is 51.1 Å². The lowest BCUT2D eigenvalue weighted by molar-refractivity contribution is 0.464. The van der Waals surface area contributed by atoms with Gasteiger partial charge in [-0.15, -0.1) is 0 Å². The molecule has 4 aromatic rings. The van der Waals surface area contributed by atoms with Crippen LogP contribution in [-0.2, 0) is 0 Å². The average molecular weight is 444 g/mol. The number of aromatic nitrogens is 4. The predicted octanol–water partition coefficient (Wildman–Crippen LogP) is 4.62. The van der Waals surface area contributed by atoms with Gasteiger partial charge in [-0.2, -0.15) is 4.98 Å². The number of H-pyrrole nitrogens is 1. The van der Waals surface area contributed by atoms with Crippen LogP contribution in [0.25, 0.3) is 11.1 Å². The maximum Gasteiger partial charge on any atom is 0.417 e. The smallest absolute Gasteiger partial charge is 0.408 e. The molecule has 168 valence electrons. The summed E-state index contributed by atoms with van der Waals surface area (Å²) in [5.41, 5.74) is 3.67. The van der Waals surface area contributed by atoms with Crippen molar-refractivity contribution in [1.29, 1.82) is 0 Å². The first-order chi connectivity index (χ1) is 16.1. The summed E-state index contributed by atoms with van der Waals surface area (Å²) in [6.45, 7) is 1.94. The molecule has 2 aliphatic heterocycles. The monoisotopic (exact) mass is 443 g/mol. The summed E-state index contributed by atoms with van der Waals surface area (Å²) in [5.74, 6) is 1.74. The molecule has 3 N–H and O–H groups in total. The lowest BCUT2D eigenvalue weighted by Crippen LogP contribution is -2.40. The third-order valence-corrected chi connectivity index (χ3v) is 6.62. The van der Waals surface area contributed by atoms with E-state index in [1.54, 1.807) is 12.3 Å². The van der Waals surface area contributed by atoms with Gasteiger partial charge in [-0.05, 0) is 69.4 Å². The normalized spacial score (nSPS) is 19.7. The Hall–Kier alpha value is -3.88. The Morgan fingerprint density at radius 1 is 1.00 bits per heavy atom.